The molecule has 0 radical (unpaired) electrons. The van der Waals surface area contributed by atoms with E-state index >= 15 is 0 Å². The molecule has 6 nitrogen and oxygen atoms in total. The lowest BCUT2D eigenvalue weighted by Crippen LogP contribution is -2.38. The first-order valence-corrected chi connectivity index (χ1v) is 8.52. The summed E-state index contributed by atoms with van der Waals surface area (Å²) >= 11 is 0. The average molecular weight is 335 g/mol. The maximum absolute atomic E-state index is 5.94. The predicted octanol–water partition coefficient (Wildman–Crippen LogP) is 1.69. The quantitative estimate of drug-likeness (QED) is 0.430. The molecule has 0 bridgehead atoms. The van der Waals surface area contributed by atoms with Crippen molar-refractivity contribution < 1.29 is 14.2 Å². The first-order valence-electron chi connectivity index (χ1n) is 8.52. The molecule has 1 aromatic rings. The molecule has 1 saturated heterocycles. The van der Waals surface area contributed by atoms with E-state index in [4.69, 9.17) is 14.2 Å². The molecule has 2 N–H and O–H groups in total. The Labute approximate surface area is 144 Å². The Balaban J connectivity index is 1.70. The highest BCUT2D eigenvalue weighted by atomic mass is 16.5. The standard InChI is InChI=1S/C18H29N3O3/c1-19-18(20-9-12-22-2)21-13-15-3-5-16(6-4-15)14-24-17-7-10-23-11-8-17/h3-6,17H,7-14H2,1-2H3,(H2,19,20,21). The summed E-state index contributed by atoms with van der Waals surface area (Å²) < 4.78 is 16.3. The highest BCUT2D eigenvalue weighted by Gasteiger charge is 2.13. The molecular weight excluding hydrogens is 306 g/mol. The van der Waals surface area contributed by atoms with Crippen LogP contribution in [0.1, 0.15) is 24.0 Å². The van der Waals surface area contributed by atoms with Crippen LogP contribution < -0.4 is 10.6 Å². The van der Waals surface area contributed by atoms with E-state index in [0.29, 0.717) is 19.3 Å². The van der Waals surface area contributed by atoms with Crippen molar-refractivity contribution in [1.29, 1.82) is 0 Å². The number of guanidine groups is 1. The van der Waals surface area contributed by atoms with Gasteiger partial charge in [0.25, 0.3) is 0 Å². The van der Waals surface area contributed by atoms with Crippen molar-refractivity contribution in [1.82, 2.24) is 10.6 Å². The fourth-order valence-corrected chi connectivity index (χ4v) is 2.49. The Hall–Kier alpha value is -1.63. The summed E-state index contributed by atoms with van der Waals surface area (Å²) in [7, 11) is 3.45. The van der Waals surface area contributed by atoms with E-state index in [-0.39, 0.29) is 0 Å². The van der Waals surface area contributed by atoms with Crippen LogP contribution in [0.5, 0.6) is 0 Å². The van der Waals surface area contributed by atoms with Crippen molar-refractivity contribution in [3.8, 4) is 0 Å². The zero-order chi connectivity index (χ0) is 17.0. The molecular formula is C18H29N3O3. The van der Waals surface area contributed by atoms with Crippen molar-refractivity contribution in [3.63, 3.8) is 0 Å². The van der Waals surface area contributed by atoms with Gasteiger partial charge in [-0.15, -0.1) is 0 Å². The van der Waals surface area contributed by atoms with Gasteiger partial charge in [0.15, 0.2) is 5.96 Å². The second kappa shape index (κ2) is 11.0. The lowest BCUT2D eigenvalue weighted by molar-refractivity contribution is -0.0390. The van der Waals surface area contributed by atoms with E-state index in [2.05, 4.69) is 39.9 Å². The average Bonchev–Trinajstić information content (AvgIpc) is 2.64. The van der Waals surface area contributed by atoms with E-state index < -0.39 is 0 Å². The van der Waals surface area contributed by atoms with Crippen LogP contribution in [0.2, 0.25) is 0 Å². The number of aliphatic imine (C=N–C) groups is 1. The number of ether oxygens (including phenoxy) is 3. The van der Waals surface area contributed by atoms with Gasteiger partial charge in [0.05, 0.1) is 19.3 Å². The fraction of sp³-hybridized carbons (Fsp3) is 0.611. The molecule has 0 spiro atoms. The predicted molar refractivity (Wildman–Crippen MR) is 95.1 cm³/mol. The highest BCUT2D eigenvalue weighted by molar-refractivity contribution is 5.79. The molecule has 1 heterocycles. The summed E-state index contributed by atoms with van der Waals surface area (Å²) in [5.41, 5.74) is 2.41. The van der Waals surface area contributed by atoms with Crippen LogP contribution in [0.25, 0.3) is 0 Å². The van der Waals surface area contributed by atoms with Crippen LogP contribution >= 0.6 is 0 Å². The zero-order valence-corrected chi connectivity index (χ0v) is 14.7. The van der Waals surface area contributed by atoms with E-state index in [1.165, 1.54) is 11.1 Å². The Morgan fingerprint density at radius 3 is 2.54 bits per heavy atom. The molecule has 0 aromatic heterocycles. The normalized spacial score (nSPS) is 16.2. The van der Waals surface area contributed by atoms with Gasteiger partial charge in [0.1, 0.15) is 0 Å². The van der Waals surface area contributed by atoms with Crippen LogP contribution in [0.4, 0.5) is 0 Å². The first kappa shape index (κ1) is 18.7. The molecule has 24 heavy (non-hydrogen) atoms. The molecule has 6 heteroatoms. The lowest BCUT2D eigenvalue weighted by atomic mass is 10.1. The molecule has 1 aliphatic heterocycles. The topological polar surface area (TPSA) is 64.1 Å². The van der Waals surface area contributed by atoms with Gasteiger partial charge in [-0.2, -0.15) is 0 Å². The molecule has 1 aromatic carbocycles. The molecule has 0 aliphatic carbocycles. The Morgan fingerprint density at radius 1 is 1.17 bits per heavy atom. The third-order valence-electron chi connectivity index (χ3n) is 3.96. The van der Waals surface area contributed by atoms with Crippen LogP contribution in [0, 0.1) is 0 Å². The summed E-state index contributed by atoms with van der Waals surface area (Å²) in [6.07, 6.45) is 2.33. The third-order valence-corrected chi connectivity index (χ3v) is 3.96. The largest absolute Gasteiger partial charge is 0.383 e. The number of methoxy groups -OCH3 is 1. The molecule has 0 saturated carbocycles. The summed E-state index contributed by atoms with van der Waals surface area (Å²) in [6, 6.07) is 8.49. The van der Waals surface area contributed by atoms with Gasteiger partial charge in [-0.05, 0) is 24.0 Å². The van der Waals surface area contributed by atoms with E-state index in [1.54, 1.807) is 14.2 Å². The number of nitrogens with zero attached hydrogens (tertiary/aromatic N) is 1. The van der Waals surface area contributed by atoms with Crippen molar-refractivity contribution in [2.45, 2.75) is 32.1 Å². The minimum absolute atomic E-state index is 0.335. The van der Waals surface area contributed by atoms with E-state index in [0.717, 1.165) is 45.1 Å². The minimum Gasteiger partial charge on any atom is -0.383 e. The SMILES string of the molecule is CN=C(NCCOC)NCc1ccc(COC2CCOCC2)cc1. The van der Waals surface area contributed by atoms with Crippen LogP contribution in [0.15, 0.2) is 29.3 Å². The van der Waals surface area contributed by atoms with Gasteiger partial charge in [0.2, 0.25) is 0 Å². The Kier molecular flexibility index (Phi) is 8.59. The Bertz CT molecular complexity index is 485. The first-order chi connectivity index (χ1) is 11.8. The molecule has 0 atom stereocenters. The summed E-state index contributed by atoms with van der Waals surface area (Å²) in [5, 5.41) is 6.48. The highest BCUT2D eigenvalue weighted by Crippen LogP contribution is 2.14. The second-order valence-corrected chi connectivity index (χ2v) is 5.78. The molecule has 134 valence electrons. The van der Waals surface area contributed by atoms with Gasteiger partial charge in [-0.1, -0.05) is 24.3 Å². The van der Waals surface area contributed by atoms with E-state index in [9.17, 15) is 0 Å². The van der Waals surface area contributed by atoms with Crippen molar-refractivity contribution in [3.05, 3.63) is 35.4 Å². The number of nitrogens with one attached hydrogen (secondary N) is 2. The summed E-state index contributed by atoms with van der Waals surface area (Å²) in [6.45, 7) is 4.41. The number of hydrogen-bond donors (Lipinski definition) is 2. The summed E-state index contributed by atoms with van der Waals surface area (Å²) in [5.74, 6) is 0.777. The van der Waals surface area contributed by atoms with E-state index in [1.807, 2.05) is 0 Å². The number of benzene rings is 1. The summed E-state index contributed by atoms with van der Waals surface area (Å²) in [4.78, 5) is 4.18. The van der Waals surface area contributed by atoms with Crippen LogP contribution in [-0.4, -0.2) is 52.6 Å². The number of hydrogen-bond acceptors (Lipinski definition) is 4. The zero-order valence-electron chi connectivity index (χ0n) is 14.7. The van der Waals surface area contributed by atoms with Crippen LogP contribution in [0.3, 0.4) is 0 Å². The smallest absolute Gasteiger partial charge is 0.191 e. The molecule has 1 aliphatic rings. The van der Waals surface area contributed by atoms with Gasteiger partial charge in [-0.3, -0.25) is 4.99 Å². The molecule has 0 amide bonds. The van der Waals surface area contributed by atoms with Crippen molar-refractivity contribution >= 4 is 5.96 Å². The maximum Gasteiger partial charge on any atom is 0.191 e. The molecule has 0 unspecified atom stereocenters. The minimum atomic E-state index is 0.335. The van der Waals surface area contributed by atoms with Gasteiger partial charge >= 0.3 is 0 Å². The maximum atomic E-state index is 5.94. The van der Waals surface area contributed by atoms with Crippen LogP contribution in [-0.2, 0) is 27.4 Å². The van der Waals surface area contributed by atoms with Crippen molar-refractivity contribution in [2.75, 3.05) is 40.5 Å². The third kappa shape index (κ3) is 6.86. The monoisotopic (exact) mass is 335 g/mol. The molecule has 1 fully saturated rings. The number of rotatable bonds is 8. The van der Waals surface area contributed by atoms with Crippen molar-refractivity contribution in [2.24, 2.45) is 4.99 Å². The lowest BCUT2D eigenvalue weighted by Gasteiger charge is -2.22. The Morgan fingerprint density at radius 2 is 1.88 bits per heavy atom. The molecule has 2 rings (SSSR count). The van der Waals surface area contributed by atoms with Gasteiger partial charge in [-0.25, -0.2) is 0 Å². The van der Waals surface area contributed by atoms with Gasteiger partial charge < -0.3 is 24.8 Å². The second-order valence-electron chi connectivity index (χ2n) is 5.78. The van der Waals surface area contributed by atoms with Gasteiger partial charge in [0, 0.05) is 40.5 Å². The fourth-order valence-electron chi connectivity index (χ4n) is 2.49.